The van der Waals surface area contributed by atoms with Gasteiger partial charge in [0.2, 0.25) is 12.2 Å². The second kappa shape index (κ2) is 9.95. The summed E-state index contributed by atoms with van der Waals surface area (Å²) in [5.41, 5.74) is 3.81. The molecule has 4 aromatic rings. The lowest BCUT2D eigenvalue weighted by Gasteiger charge is -2.42. The molecule has 1 saturated heterocycles. The van der Waals surface area contributed by atoms with E-state index >= 15 is 0 Å². The van der Waals surface area contributed by atoms with E-state index in [1.54, 1.807) is 0 Å². The van der Waals surface area contributed by atoms with Gasteiger partial charge in [-0.2, -0.15) is 5.26 Å². The average molecular weight is 481 g/mol. The Labute approximate surface area is 208 Å². The standard InChI is InChI=1S/C27H24N6OS/c1-19-9-5-6-12-21(19)31-27(29-18-28)32-15-16-33(23(17-32)20-10-3-2-4-11-20)26(34)25-30-22-13-7-8-14-24(22)35-25/h2-14,23H,15-17H2,1H3,(H,29,31). The number of guanidine groups is 1. The number of nitriles is 1. The van der Waals surface area contributed by atoms with Crippen molar-refractivity contribution >= 4 is 39.1 Å². The Hall–Kier alpha value is -4.22. The predicted octanol–water partition coefficient (Wildman–Crippen LogP) is 5.05. The fraction of sp³-hybridized carbons (Fsp3) is 0.185. The highest BCUT2D eigenvalue weighted by Gasteiger charge is 2.34. The van der Waals surface area contributed by atoms with Gasteiger partial charge in [0.1, 0.15) is 0 Å². The molecular weight excluding hydrogens is 456 g/mol. The van der Waals surface area contributed by atoms with Crippen LogP contribution in [0, 0.1) is 18.4 Å². The molecule has 35 heavy (non-hydrogen) atoms. The van der Waals surface area contributed by atoms with Crippen molar-refractivity contribution in [1.29, 1.82) is 5.26 Å². The Morgan fingerprint density at radius 1 is 1.06 bits per heavy atom. The summed E-state index contributed by atoms with van der Waals surface area (Å²) < 4.78 is 0.997. The number of aryl methyl sites for hydroxylation is 1. The zero-order chi connectivity index (χ0) is 24.2. The van der Waals surface area contributed by atoms with Crippen LogP contribution in [0.1, 0.15) is 27.0 Å². The van der Waals surface area contributed by atoms with E-state index in [-0.39, 0.29) is 11.9 Å². The fourth-order valence-electron chi connectivity index (χ4n) is 4.32. The van der Waals surface area contributed by atoms with Crippen molar-refractivity contribution in [2.45, 2.75) is 13.0 Å². The lowest BCUT2D eigenvalue weighted by atomic mass is 10.0. The van der Waals surface area contributed by atoms with E-state index in [0.717, 1.165) is 27.0 Å². The van der Waals surface area contributed by atoms with E-state index in [9.17, 15) is 10.1 Å². The summed E-state index contributed by atoms with van der Waals surface area (Å²) in [6.45, 7) is 3.53. The first-order valence-corrected chi connectivity index (χ1v) is 12.2. The summed E-state index contributed by atoms with van der Waals surface area (Å²) in [4.78, 5) is 26.3. The van der Waals surface area contributed by atoms with Gasteiger partial charge in [0.15, 0.2) is 5.01 Å². The number of carbonyl (C=O) groups is 1. The number of aliphatic imine (C=N–C) groups is 1. The Morgan fingerprint density at radius 2 is 1.80 bits per heavy atom. The number of aromatic nitrogens is 1. The largest absolute Gasteiger partial charge is 0.338 e. The minimum Gasteiger partial charge on any atom is -0.338 e. The molecule has 7 nitrogen and oxygen atoms in total. The fourth-order valence-corrected chi connectivity index (χ4v) is 5.25. The van der Waals surface area contributed by atoms with Crippen LogP contribution in [0.25, 0.3) is 10.2 Å². The topological polar surface area (TPSA) is 84.6 Å². The molecule has 174 valence electrons. The lowest BCUT2D eigenvalue weighted by molar-refractivity contribution is 0.0550. The molecule has 3 aromatic carbocycles. The number of fused-ring (bicyclic) bond motifs is 1. The quantitative estimate of drug-likeness (QED) is 0.252. The van der Waals surface area contributed by atoms with E-state index in [2.05, 4.69) is 15.3 Å². The van der Waals surface area contributed by atoms with Crippen LogP contribution in [0.5, 0.6) is 0 Å². The molecule has 2 heterocycles. The third kappa shape index (κ3) is 4.72. The number of piperazine rings is 1. The molecule has 1 aromatic heterocycles. The third-order valence-corrected chi connectivity index (χ3v) is 7.17. The minimum absolute atomic E-state index is 0.0784. The van der Waals surface area contributed by atoms with Gasteiger partial charge >= 0.3 is 0 Å². The predicted molar refractivity (Wildman–Crippen MR) is 139 cm³/mol. The Balaban J connectivity index is 1.45. The lowest BCUT2D eigenvalue weighted by Crippen LogP contribution is -2.53. The molecule has 0 saturated carbocycles. The van der Waals surface area contributed by atoms with Crippen LogP contribution in [0.15, 0.2) is 83.9 Å². The second-order valence-corrected chi connectivity index (χ2v) is 9.36. The first kappa shape index (κ1) is 22.6. The number of nitrogens with zero attached hydrogens (tertiary/aromatic N) is 5. The summed E-state index contributed by atoms with van der Waals surface area (Å²) in [6.07, 6.45) is 1.93. The van der Waals surface area contributed by atoms with E-state index < -0.39 is 0 Å². The zero-order valence-corrected chi connectivity index (χ0v) is 20.1. The minimum atomic E-state index is -0.216. The van der Waals surface area contributed by atoms with Crippen LogP contribution in [-0.4, -0.2) is 46.3 Å². The Morgan fingerprint density at radius 3 is 2.57 bits per heavy atom. The van der Waals surface area contributed by atoms with Gasteiger partial charge in [0.25, 0.3) is 5.91 Å². The van der Waals surface area contributed by atoms with Crippen molar-refractivity contribution in [1.82, 2.24) is 14.8 Å². The number of hydrogen-bond donors (Lipinski definition) is 1. The SMILES string of the molecule is Cc1ccccc1N/C(=N/C#N)N1CCN(C(=O)c2nc3ccccc3s2)C(c2ccccc2)C1. The van der Waals surface area contributed by atoms with Gasteiger partial charge in [-0.1, -0.05) is 60.7 Å². The molecule has 0 bridgehead atoms. The van der Waals surface area contributed by atoms with E-state index in [4.69, 9.17) is 0 Å². The molecular formula is C27H24N6OS. The average Bonchev–Trinajstić information content (AvgIpc) is 3.34. The summed E-state index contributed by atoms with van der Waals surface area (Å²) in [7, 11) is 0. The molecule has 1 fully saturated rings. The van der Waals surface area contributed by atoms with E-state index in [1.165, 1.54) is 11.3 Å². The maximum Gasteiger partial charge on any atom is 0.283 e. The van der Waals surface area contributed by atoms with Crippen molar-refractivity contribution < 1.29 is 4.79 Å². The summed E-state index contributed by atoms with van der Waals surface area (Å²) in [5.74, 6) is 0.403. The molecule has 8 heteroatoms. The molecule has 1 atom stereocenters. The van der Waals surface area contributed by atoms with Crippen LogP contribution in [-0.2, 0) is 0 Å². The highest BCUT2D eigenvalue weighted by molar-refractivity contribution is 7.20. The number of para-hydroxylation sites is 2. The number of thiazole rings is 1. The number of hydrogen-bond acceptors (Lipinski definition) is 5. The van der Waals surface area contributed by atoms with Gasteiger partial charge in [-0.25, -0.2) is 4.98 Å². The maximum absolute atomic E-state index is 13.6. The second-order valence-electron chi connectivity index (χ2n) is 8.33. The highest BCUT2D eigenvalue weighted by Crippen LogP contribution is 2.30. The van der Waals surface area contributed by atoms with Crippen LogP contribution in [0.4, 0.5) is 5.69 Å². The van der Waals surface area contributed by atoms with Gasteiger partial charge in [-0.05, 0) is 36.2 Å². The van der Waals surface area contributed by atoms with Crippen LogP contribution >= 0.6 is 11.3 Å². The molecule has 1 aliphatic rings. The number of amides is 1. The monoisotopic (exact) mass is 480 g/mol. The van der Waals surface area contributed by atoms with E-state index in [1.807, 2.05) is 102 Å². The summed E-state index contributed by atoms with van der Waals surface area (Å²) in [6, 6.07) is 25.4. The van der Waals surface area contributed by atoms with Gasteiger partial charge < -0.3 is 15.1 Å². The van der Waals surface area contributed by atoms with Crippen molar-refractivity contribution in [2.75, 3.05) is 25.0 Å². The molecule has 0 radical (unpaired) electrons. The number of nitrogens with one attached hydrogen (secondary N) is 1. The molecule has 5 rings (SSSR count). The first-order valence-electron chi connectivity index (χ1n) is 11.4. The normalized spacial score (nSPS) is 16.2. The Bertz CT molecular complexity index is 1390. The summed E-state index contributed by atoms with van der Waals surface area (Å²) >= 11 is 1.42. The van der Waals surface area contributed by atoms with Gasteiger partial charge in [0.05, 0.1) is 16.3 Å². The molecule has 1 unspecified atom stereocenters. The number of rotatable bonds is 3. The van der Waals surface area contributed by atoms with Crippen molar-refractivity contribution in [3.8, 4) is 6.19 Å². The van der Waals surface area contributed by atoms with Crippen molar-refractivity contribution in [3.63, 3.8) is 0 Å². The van der Waals surface area contributed by atoms with Gasteiger partial charge in [-0.15, -0.1) is 16.3 Å². The van der Waals surface area contributed by atoms with Crippen molar-refractivity contribution in [3.05, 3.63) is 95.0 Å². The molecule has 0 aliphatic carbocycles. The van der Waals surface area contributed by atoms with Gasteiger partial charge in [0, 0.05) is 25.3 Å². The summed E-state index contributed by atoms with van der Waals surface area (Å²) in [5, 5.41) is 13.2. The van der Waals surface area contributed by atoms with Crippen LogP contribution in [0.2, 0.25) is 0 Å². The number of benzene rings is 3. The maximum atomic E-state index is 13.6. The zero-order valence-electron chi connectivity index (χ0n) is 19.3. The molecule has 1 N–H and O–H groups in total. The molecule has 1 amide bonds. The van der Waals surface area contributed by atoms with E-state index in [0.29, 0.717) is 30.6 Å². The Kier molecular flexibility index (Phi) is 6.42. The smallest absolute Gasteiger partial charge is 0.283 e. The van der Waals surface area contributed by atoms with Crippen LogP contribution < -0.4 is 5.32 Å². The number of carbonyl (C=O) groups excluding carboxylic acids is 1. The molecule has 0 spiro atoms. The molecule has 1 aliphatic heterocycles. The first-order chi connectivity index (χ1) is 17.1. The van der Waals surface area contributed by atoms with Gasteiger partial charge in [-0.3, -0.25) is 4.79 Å². The van der Waals surface area contributed by atoms with Crippen molar-refractivity contribution in [2.24, 2.45) is 4.99 Å². The third-order valence-electron chi connectivity index (χ3n) is 6.15. The number of anilines is 1. The van der Waals surface area contributed by atoms with Crippen LogP contribution in [0.3, 0.4) is 0 Å². The highest BCUT2D eigenvalue weighted by atomic mass is 32.1.